The highest BCUT2D eigenvalue weighted by Gasteiger charge is 2.38. The molecule has 462 valence electrons. The van der Waals surface area contributed by atoms with Gasteiger partial charge in [0.05, 0.1) is 31.5 Å². The minimum atomic E-state index is -1.94. The van der Waals surface area contributed by atoms with Gasteiger partial charge >= 0.3 is 0 Å². The predicted octanol–water partition coefficient (Wildman–Crippen LogP) is -7.48. The first kappa shape index (κ1) is 71.2. The van der Waals surface area contributed by atoms with Crippen molar-refractivity contribution in [3.8, 4) is 0 Å². The van der Waals surface area contributed by atoms with Gasteiger partial charge in [-0.05, 0) is 84.5 Å². The Hall–Kier alpha value is -6.93. The van der Waals surface area contributed by atoms with Crippen molar-refractivity contribution in [1.29, 1.82) is 0 Å². The van der Waals surface area contributed by atoms with E-state index in [1.807, 2.05) is 6.92 Å². The second-order valence-electron chi connectivity index (χ2n) is 20.1. The summed E-state index contributed by atoms with van der Waals surface area (Å²) in [5.41, 5.74) is 17.9. The monoisotopic (exact) mass is 1160 g/mol. The highest BCUT2D eigenvalue weighted by atomic mass is 16.3. The molecule has 13 atom stereocenters. The Labute approximate surface area is 476 Å². The molecule has 0 radical (unpaired) electrons. The number of carbonyl (C=O) groups excluding carboxylic acids is 11. The van der Waals surface area contributed by atoms with Crippen molar-refractivity contribution in [2.45, 2.75) is 183 Å². The zero-order valence-electron chi connectivity index (χ0n) is 47.1. The Morgan fingerprint density at radius 2 is 1.06 bits per heavy atom. The Bertz CT molecular complexity index is 2250. The molecule has 2 rings (SSSR count). The van der Waals surface area contributed by atoms with Gasteiger partial charge in [0, 0.05) is 19.4 Å². The van der Waals surface area contributed by atoms with Crippen LogP contribution in [0.2, 0.25) is 0 Å². The number of aliphatic hydroxyl groups excluding tert-OH is 5. The summed E-state index contributed by atoms with van der Waals surface area (Å²) in [6, 6.07) is -8.41. The molecule has 1 aromatic carbocycles. The topological polar surface area (TPSA) is 499 Å². The number of benzene rings is 1. The first-order valence-electron chi connectivity index (χ1n) is 27.7. The van der Waals surface area contributed by atoms with Crippen LogP contribution in [0.4, 0.5) is 0 Å². The molecule has 1 fully saturated rings. The Morgan fingerprint density at radius 3 is 1.60 bits per heavy atom. The van der Waals surface area contributed by atoms with Crippen molar-refractivity contribution in [3.63, 3.8) is 0 Å². The maximum absolute atomic E-state index is 14.3. The van der Waals surface area contributed by atoms with Crippen molar-refractivity contribution in [1.82, 2.24) is 58.5 Å². The summed E-state index contributed by atoms with van der Waals surface area (Å²) in [7, 11) is 0. The summed E-state index contributed by atoms with van der Waals surface area (Å²) >= 11 is 0. The summed E-state index contributed by atoms with van der Waals surface area (Å²) in [6.45, 7) is 2.49. The minimum Gasteiger partial charge on any atom is -0.394 e. The minimum absolute atomic E-state index is 0.0468. The molecule has 30 nitrogen and oxygen atoms in total. The second kappa shape index (κ2) is 38.0. The third kappa shape index (κ3) is 24.7. The van der Waals surface area contributed by atoms with E-state index in [2.05, 4.69) is 58.5 Å². The van der Waals surface area contributed by atoms with Gasteiger partial charge in [0.15, 0.2) is 0 Å². The average Bonchev–Trinajstić information content (AvgIpc) is 3.44. The van der Waals surface area contributed by atoms with Gasteiger partial charge in [-0.3, -0.25) is 52.7 Å². The number of amides is 11. The summed E-state index contributed by atoms with van der Waals surface area (Å²) in [5, 5.41) is 78.7. The molecule has 1 aliphatic rings. The normalized spacial score (nSPS) is 23.2. The maximum Gasteiger partial charge on any atom is 0.245 e. The number of nitrogens with two attached hydrogens (primary N) is 3. The highest BCUT2D eigenvalue weighted by Crippen LogP contribution is 2.10. The molecule has 0 spiro atoms. The van der Waals surface area contributed by atoms with Gasteiger partial charge in [0.2, 0.25) is 65.0 Å². The number of rotatable bonds is 27. The van der Waals surface area contributed by atoms with Gasteiger partial charge in [0.25, 0.3) is 0 Å². The smallest absolute Gasteiger partial charge is 0.245 e. The van der Waals surface area contributed by atoms with Crippen molar-refractivity contribution < 1.29 is 78.3 Å². The summed E-state index contributed by atoms with van der Waals surface area (Å²) in [6.07, 6.45) is -1.97. The molecule has 22 N–H and O–H groups in total. The fourth-order valence-corrected chi connectivity index (χ4v) is 8.37. The van der Waals surface area contributed by atoms with Crippen molar-refractivity contribution in [2.75, 3.05) is 39.4 Å². The molecular weight excluding hydrogens is 1080 g/mol. The zero-order valence-corrected chi connectivity index (χ0v) is 47.1. The van der Waals surface area contributed by atoms with Crippen LogP contribution in [0.15, 0.2) is 30.3 Å². The van der Waals surface area contributed by atoms with E-state index in [-0.39, 0.29) is 58.2 Å². The number of nitrogens with one attached hydrogen (secondary N) is 11. The lowest BCUT2D eigenvalue weighted by atomic mass is 10.0. The fourth-order valence-electron chi connectivity index (χ4n) is 8.37. The summed E-state index contributed by atoms with van der Waals surface area (Å²) in [5.74, 6) is -11.3. The van der Waals surface area contributed by atoms with Crippen LogP contribution in [0.25, 0.3) is 0 Å². The molecule has 0 bridgehead atoms. The van der Waals surface area contributed by atoms with E-state index in [4.69, 9.17) is 17.2 Å². The molecule has 82 heavy (non-hydrogen) atoms. The fraction of sp³-hybridized carbons (Fsp3) is 0.673. The van der Waals surface area contributed by atoms with Crippen LogP contribution in [0, 0.1) is 0 Å². The van der Waals surface area contributed by atoms with Crippen LogP contribution in [0.3, 0.4) is 0 Å². The van der Waals surface area contributed by atoms with Gasteiger partial charge in [0.1, 0.15) is 60.4 Å². The quantitative estimate of drug-likeness (QED) is 0.0364. The number of aliphatic hydroxyl groups is 5. The van der Waals surface area contributed by atoms with Crippen LogP contribution in [0.1, 0.15) is 104 Å². The number of unbranched alkanes of at least 4 members (excludes halogenated alkanes) is 4. The van der Waals surface area contributed by atoms with Gasteiger partial charge in [-0.25, -0.2) is 0 Å². The highest BCUT2D eigenvalue weighted by molar-refractivity contribution is 5.99. The molecule has 1 unspecified atom stereocenters. The molecule has 1 heterocycles. The van der Waals surface area contributed by atoms with Crippen molar-refractivity contribution in [3.05, 3.63) is 35.9 Å². The Morgan fingerprint density at radius 1 is 0.561 bits per heavy atom. The van der Waals surface area contributed by atoms with Gasteiger partial charge < -0.3 is 101 Å². The number of carbonyl (C=O) groups is 11. The predicted molar refractivity (Wildman–Crippen MR) is 295 cm³/mol. The summed E-state index contributed by atoms with van der Waals surface area (Å²) < 4.78 is 0. The lowest BCUT2D eigenvalue weighted by Gasteiger charge is -2.29. The maximum atomic E-state index is 14.3. The second-order valence-corrected chi connectivity index (χ2v) is 20.1. The molecule has 0 saturated carbocycles. The molecule has 11 amide bonds. The molecule has 1 aliphatic heterocycles. The van der Waals surface area contributed by atoms with E-state index in [9.17, 15) is 78.3 Å². The number of hydrogen-bond acceptors (Lipinski definition) is 19. The number of hydrogen-bond donors (Lipinski definition) is 19. The lowest BCUT2D eigenvalue weighted by molar-refractivity contribution is -0.137. The lowest BCUT2D eigenvalue weighted by Crippen LogP contribution is -2.63. The third-order valence-corrected chi connectivity index (χ3v) is 13.1. The van der Waals surface area contributed by atoms with E-state index in [1.165, 1.54) is 6.92 Å². The first-order chi connectivity index (χ1) is 39.0. The van der Waals surface area contributed by atoms with Gasteiger partial charge in [-0.1, -0.05) is 62.9 Å². The Balaban J connectivity index is 2.64. The van der Waals surface area contributed by atoms with Crippen LogP contribution < -0.4 is 75.7 Å². The van der Waals surface area contributed by atoms with Crippen LogP contribution in [-0.2, 0) is 59.2 Å². The van der Waals surface area contributed by atoms with Crippen LogP contribution >= 0.6 is 0 Å². The van der Waals surface area contributed by atoms with Crippen LogP contribution in [0.5, 0.6) is 0 Å². The molecule has 0 aliphatic carbocycles. The van der Waals surface area contributed by atoms with E-state index in [0.717, 1.165) is 39.5 Å². The SMILES string of the molecule is CCCCCCCC(=O)N[C@@H](CO)C(=O)N[C@H](C(=O)NC(CO)C(=O)N[C@H]1CCNC(=O)[C@H]([C@@H](C)O)NC(=O)[C@H](CCN)NC(=O)[C@H](CCCN)NC(=O)[C@H]([C@@H](C)O)NC(=O)[C@@H](Cc2ccccc2)NC(=O)[C@H](CCN)NC1=O)[C@@H](C)O. The van der Waals surface area contributed by atoms with Crippen molar-refractivity contribution in [2.24, 2.45) is 17.2 Å². The van der Waals surface area contributed by atoms with Crippen LogP contribution in [-0.4, -0.2) is 209 Å². The van der Waals surface area contributed by atoms with Gasteiger partial charge in [-0.15, -0.1) is 0 Å². The Kier molecular flexibility index (Phi) is 32.9. The van der Waals surface area contributed by atoms with E-state index < -0.39 is 170 Å². The van der Waals surface area contributed by atoms with E-state index in [0.29, 0.717) is 12.0 Å². The van der Waals surface area contributed by atoms with E-state index in [1.54, 1.807) is 30.3 Å². The molecule has 30 heteroatoms. The standard InChI is InChI=1S/C52H88N14O16/c1-5-6-7-8-12-17-39(72)57-37(26-67)49(79)66-42(30(4)71)52(82)63-38(27-68)48(78)60-35-20-24-56-50(80)40(28(2)69)64-46(76)34(19-23-55)59-43(73)32(16-13-21-53)61-51(81)41(29(3)70)65-47(77)36(25-31-14-10-9-11-15-31)62-44(74)33(18-22-54)58-45(35)75/h9-11,14-15,28-30,32-38,40-42,67-71H,5-8,12-13,16-27,53-55H2,1-4H3,(H,56,80)(H,57,72)(H,58,75)(H,59,73)(H,60,78)(H,61,81)(H,62,74)(H,63,82)(H,64,76)(H,65,77)(H,66,79)/t28-,29-,30-,32+,33+,34+,35+,36-,37+,38?,40+,41+,42+/m1/s1. The molecule has 1 aromatic rings. The van der Waals surface area contributed by atoms with Gasteiger partial charge in [-0.2, -0.15) is 0 Å². The summed E-state index contributed by atoms with van der Waals surface area (Å²) in [4.78, 5) is 151. The molecular formula is C52H88N14O16. The first-order valence-corrected chi connectivity index (χ1v) is 27.7. The van der Waals surface area contributed by atoms with Crippen molar-refractivity contribution >= 4 is 65.0 Å². The van der Waals surface area contributed by atoms with E-state index >= 15 is 0 Å². The molecule has 1 saturated heterocycles. The largest absolute Gasteiger partial charge is 0.394 e. The average molecular weight is 1170 g/mol. The third-order valence-electron chi connectivity index (χ3n) is 13.1. The molecule has 0 aromatic heterocycles. The zero-order chi connectivity index (χ0) is 61.5.